The molecule has 0 saturated carbocycles. The van der Waals surface area contributed by atoms with Gasteiger partial charge in [0.25, 0.3) is 5.91 Å². The molecule has 1 N–H and O–H groups in total. The smallest absolute Gasteiger partial charge is 0.263 e. The first-order chi connectivity index (χ1) is 15.7. The van der Waals surface area contributed by atoms with Crippen LogP contribution in [0.5, 0.6) is 5.75 Å². The van der Waals surface area contributed by atoms with Crippen molar-refractivity contribution >= 4 is 28.8 Å². The number of thiophene rings is 1. The number of piperidine rings is 1. The number of ether oxygens (including phenoxy) is 2. The van der Waals surface area contributed by atoms with E-state index in [1.165, 1.54) is 16.9 Å². The van der Waals surface area contributed by atoms with Gasteiger partial charge in [-0.25, -0.2) is 0 Å². The summed E-state index contributed by atoms with van der Waals surface area (Å²) in [5, 5.41) is 5.06. The molecule has 3 aliphatic rings. The van der Waals surface area contributed by atoms with E-state index in [1.54, 1.807) is 0 Å². The molecule has 2 atom stereocenters. The number of likely N-dealkylation sites (tertiary alicyclic amines) is 1. The molecule has 4 heterocycles. The van der Waals surface area contributed by atoms with Gasteiger partial charge in [-0.3, -0.25) is 9.59 Å². The molecule has 3 aliphatic heterocycles. The average molecular weight is 455 g/mol. The summed E-state index contributed by atoms with van der Waals surface area (Å²) < 4.78 is 11.6. The Bertz CT molecular complexity index is 955. The fourth-order valence-corrected chi connectivity index (χ4v) is 5.92. The fourth-order valence-electron chi connectivity index (χ4n) is 5.23. The third-order valence-corrected chi connectivity index (χ3v) is 7.93. The van der Waals surface area contributed by atoms with Crippen molar-refractivity contribution in [3.8, 4) is 5.75 Å². The van der Waals surface area contributed by atoms with Crippen LogP contribution in [-0.4, -0.2) is 49.6 Å². The first kappa shape index (κ1) is 21.5. The summed E-state index contributed by atoms with van der Waals surface area (Å²) in [6, 6.07) is 10.0. The molecule has 1 aromatic heterocycles. The third-order valence-electron chi connectivity index (χ3n) is 7.07. The van der Waals surface area contributed by atoms with Crippen molar-refractivity contribution in [3.63, 3.8) is 0 Å². The topological polar surface area (TPSA) is 67.9 Å². The van der Waals surface area contributed by atoms with Gasteiger partial charge in [0, 0.05) is 32.7 Å². The molecule has 0 spiro atoms. The number of fused-ring (bicyclic) bond motifs is 2. The molecule has 6 nitrogen and oxygen atoms in total. The van der Waals surface area contributed by atoms with Crippen molar-refractivity contribution in [2.24, 2.45) is 11.8 Å². The van der Waals surface area contributed by atoms with E-state index in [0.717, 1.165) is 55.2 Å². The lowest BCUT2D eigenvalue weighted by atomic mass is 9.81. The number of amides is 2. The standard InChI is InChI=1S/C25H30N2O4S/c28-24-15-19-5-9-27(25(29)23-2-1-13-32-23)16-20(19)8-12-31-22-4-3-18(14-21(22)26-24)17-6-10-30-11-7-17/h1-4,13-14,17,19-20H,5-12,15-16H2,(H,26,28)/t19-,20-/m0/s1. The zero-order valence-corrected chi connectivity index (χ0v) is 19.1. The van der Waals surface area contributed by atoms with Gasteiger partial charge in [0.2, 0.25) is 5.91 Å². The van der Waals surface area contributed by atoms with Gasteiger partial charge in [-0.2, -0.15) is 0 Å². The van der Waals surface area contributed by atoms with Crippen LogP contribution in [0.2, 0.25) is 0 Å². The minimum atomic E-state index is 0.0360. The zero-order valence-electron chi connectivity index (χ0n) is 18.3. The summed E-state index contributed by atoms with van der Waals surface area (Å²) in [4.78, 5) is 28.5. The molecular formula is C25H30N2O4S. The van der Waals surface area contributed by atoms with Gasteiger partial charge < -0.3 is 19.7 Å². The van der Waals surface area contributed by atoms with E-state index in [1.807, 2.05) is 28.5 Å². The largest absolute Gasteiger partial charge is 0.491 e. The van der Waals surface area contributed by atoms with Gasteiger partial charge in [-0.1, -0.05) is 12.1 Å². The van der Waals surface area contributed by atoms with Crippen LogP contribution in [0.1, 0.15) is 53.3 Å². The molecule has 0 radical (unpaired) electrons. The van der Waals surface area contributed by atoms with E-state index in [2.05, 4.69) is 17.4 Å². The Hall–Kier alpha value is -2.38. The highest BCUT2D eigenvalue weighted by atomic mass is 32.1. The molecule has 170 valence electrons. The number of nitrogens with one attached hydrogen (secondary N) is 1. The van der Waals surface area contributed by atoms with Crippen molar-refractivity contribution in [1.29, 1.82) is 0 Å². The normalized spacial score (nSPS) is 24.6. The zero-order chi connectivity index (χ0) is 21.9. The Balaban J connectivity index is 1.29. The van der Waals surface area contributed by atoms with Crippen molar-refractivity contribution in [3.05, 3.63) is 46.2 Å². The maximum Gasteiger partial charge on any atom is 0.263 e. The van der Waals surface area contributed by atoms with Crippen LogP contribution in [0, 0.1) is 11.8 Å². The number of anilines is 1. The third kappa shape index (κ3) is 4.69. The van der Waals surface area contributed by atoms with Crippen LogP contribution in [0.4, 0.5) is 5.69 Å². The maximum absolute atomic E-state index is 12.9. The Morgan fingerprint density at radius 1 is 1.06 bits per heavy atom. The van der Waals surface area contributed by atoms with E-state index in [9.17, 15) is 9.59 Å². The summed E-state index contributed by atoms with van der Waals surface area (Å²) in [6.07, 6.45) is 4.21. The van der Waals surface area contributed by atoms with Crippen molar-refractivity contribution in [1.82, 2.24) is 4.90 Å². The summed E-state index contributed by atoms with van der Waals surface area (Å²) in [5.41, 5.74) is 2.02. The summed E-state index contributed by atoms with van der Waals surface area (Å²) in [6.45, 7) is 3.56. The molecule has 0 aliphatic carbocycles. The number of carbonyl (C=O) groups excluding carboxylic acids is 2. The van der Waals surface area contributed by atoms with Crippen molar-refractivity contribution in [2.75, 3.05) is 38.2 Å². The van der Waals surface area contributed by atoms with Gasteiger partial charge in [0.05, 0.1) is 17.2 Å². The molecule has 5 rings (SSSR count). The SMILES string of the molecule is O=C1C[C@@H]2CCN(C(=O)c3cccs3)C[C@@H]2CCOc2ccc(C3CCOCC3)cc2N1. The second-order valence-electron chi connectivity index (χ2n) is 9.07. The fraction of sp³-hybridized carbons (Fsp3) is 0.520. The number of hydrogen-bond donors (Lipinski definition) is 1. The Morgan fingerprint density at radius 2 is 1.94 bits per heavy atom. The number of hydrogen-bond acceptors (Lipinski definition) is 5. The second kappa shape index (κ2) is 9.63. The van der Waals surface area contributed by atoms with E-state index in [4.69, 9.17) is 9.47 Å². The molecule has 2 fully saturated rings. The first-order valence-electron chi connectivity index (χ1n) is 11.6. The molecule has 2 aromatic rings. The molecule has 2 saturated heterocycles. The highest BCUT2D eigenvalue weighted by molar-refractivity contribution is 7.12. The van der Waals surface area contributed by atoms with Crippen LogP contribution < -0.4 is 10.1 Å². The second-order valence-corrected chi connectivity index (χ2v) is 10.0. The van der Waals surface area contributed by atoms with Crippen molar-refractivity contribution in [2.45, 2.75) is 38.0 Å². The van der Waals surface area contributed by atoms with Crippen LogP contribution in [0.3, 0.4) is 0 Å². The summed E-state index contributed by atoms with van der Waals surface area (Å²) >= 11 is 1.48. The van der Waals surface area contributed by atoms with Gasteiger partial charge in [0.15, 0.2) is 0 Å². The lowest BCUT2D eigenvalue weighted by Gasteiger charge is -2.39. The molecule has 0 bridgehead atoms. The summed E-state index contributed by atoms with van der Waals surface area (Å²) in [5.74, 6) is 1.87. The van der Waals surface area contributed by atoms with E-state index < -0.39 is 0 Å². The van der Waals surface area contributed by atoms with Gasteiger partial charge in [-0.05, 0) is 72.6 Å². The van der Waals surface area contributed by atoms with E-state index >= 15 is 0 Å². The van der Waals surface area contributed by atoms with Crippen molar-refractivity contribution < 1.29 is 19.1 Å². The molecule has 0 unspecified atom stereocenters. The van der Waals surface area contributed by atoms with Gasteiger partial charge in [-0.15, -0.1) is 11.3 Å². The molecule has 1 aromatic carbocycles. The number of carbonyl (C=O) groups is 2. The van der Waals surface area contributed by atoms with Crippen LogP contribution in [-0.2, 0) is 9.53 Å². The molecular weight excluding hydrogens is 424 g/mol. The van der Waals surface area contributed by atoms with E-state index in [-0.39, 0.29) is 23.7 Å². The molecule has 2 amide bonds. The Morgan fingerprint density at radius 3 is 2.75 bits per heavy atom. The lowest BCUT2D eigenvalue weighted by molar-refractivity contribution is -0.118. The predicted molar refractivity (Wildman–Crippen MR) is 124 cm³/mol. The van der Waals surface area contributed by atoms with Gasteiger partial charge >= 0.3 is 0 Å². The predicted octanol–water partition coefficient (Wildman–Crippen LogP) is 4.53. The molecule has 7 heteroatoms. The minimum Gasteiger partial charge on any atom is -0.491 e. The minimum absolute atomic E-state index is 0.0360. The molecule has 32 heavy (non-hydrogen) atoms. The number of benzene rings is 1. The highest BCUT2D eigenvalue weighted by Gasteiger charge is 2.34. The van der Waals surface area contributed by atoms with E-state index in [0.29, 0.717) is 32.0 Å². The number of rotatable bonds is 2. The Kier molecular flexibility index (Phi) is 6.46. The average Bonchev–Trinajstić information content (AvgIpc) is 3.36. The highest BCUT2D eigenvalue weighted by Crippen LogP contribution is 2.36. The quantitative estimate of drug-likeness (QED) is 0.724. The number of nitrogens with zero attached hydrogens (tertiary/aromatic N) is 1. The lowest BCUT2D eigenvalue weighted by Crippen LogP contribution is -2.45. The van der Waals surface area contributed by atoms with Crippen LogP contribution >= 0.6 is 11.3 Å². The van der Waals surface area contributed by atoms with Gasteiger partial charge in [0.1, 0.15) is 5.75 Å². The maximum atomic E-state index is 12.9. The summed E-state index contributed by atoms with van der Waals surface area (Å²) in [7, 11) is 0. The monoisotopic (exact) mass is 454 g/mol. The van der Waals surface area contributed by atoms with Crippen LogP contribution in [0.25, 0.3) is 0 Å². The Labute approximate surface area is 192 Å². The first-order valence-corrected chi connectivity index (χ1v) is 12.5. The van der Waals surface area contributed by atoms with Crippen LogP contribution in [0.15, 0.2) is 35.7 Å².